The van der Waals surface area contributed by atoms with Gasteiger partial charge in [-0.1, -0.05) is 18.2 Å². The fourth-order valence-electron chi connectivity index (χ4n) is 6.76. The number of sulfone groups is 1. The van der Waals surface area contributed by atoms with Crippen molar-refractivity contribution in [2.24, 2.45) is 4.99 Å². The molecule has 246 valence electrons. The summed E-state index contributed by atoms with van der Waals surface area (Å²) in [5.41, 5.74) is 2.49. The summed E-state index contributed by atoms with van der Waals surface area (Å²) in [5, 5.41) is 3.30. The molecule has 1 spiro atoms. The van der Waals surface area contributed by atoms with Gasteiger partial charge in [-0.05, 0) is 62.1 Å². The van der Waals surface area contributed by atoms with Crippen LogP contribution in [0.2, 0.25) is 0 Å². The minimum Gasteiger partial charge on any atom is -0.497 e. The summed E-state index contributed by atoms with van der Waals surface area (Å²) in [4.78, 5) is 43.9. The highest BCUT2D eigenvalue weighted by Gasteiger charge is 2.68. The van der Waals surface area contributed by atoms with E-state index in [9.17, 15) is 18.0 Å². The summed E-state index contributed by atoms with van der Waals surface area (Å²) in [5.74, 6) is 2.24. The number of nitrogens with zero attached hydrogens (tertiary/aromatic N) is 5. The van der Waals surface area contributed by atoms with Crippen molar-refractivity contribution >= 4 is 45.0 Å². The highest BCUT2D eigenvalue weighted by atomic mass is 32.2. The maximum absolute atomic E-state index is 14.1. The van der Waals surface area contributed by atoms with Crippen LogP contribution >= 0.6 is 0 Å². The number of anilines is 3. The molecule has 47 heavy (non-hydrogen) atoms. The van der Waals surface area contributed by atoms with Crippen molar-refractivity contribution in [2.45, 2.75) is 50.7 Å². The molecule has 4 heterocycles. The van der Waals surface area contributed by atoms with Crippen LogP contribution in [-0.4, -0.2) is 80.6 Å². The van der Waals surface area contributed by atoms with Gasteiger partial charge < -0.3 is 24.4 Å². The van der Waals surface area contributed by atoms with Crippen molar-refractivity contribution in [3.8, 4) is 11.5 Å². The fraction of sp³-hybridized carbons (Fsp3) is 0.424. The monoisotopic (exact) mass is 660 g/mol. The predicted octanol–water partition coefficient (Wildman–Crippen LogP) is 3.81. The van der Waals surface area contributed by atoms with Crippen molar-refractivity contribution in [3.63, 3.8) is 0 Å². The number of amides is 2. The zero-order valence-corrected chi connectivity index (χ0v) is 27.7. The molecule has 1 aliphatic carbocycles. The Kier molecular flexibility index (Phi) is 7.19. The number of nitrogens with one attached hydrogen (secondary N) is 1. The van der Waals surface area contributed by atoms with Gasteiger partial charge >= 0.3 is 6.09 Å². The number of hydrogen-bond acceptors (Lipinski definition) is 12. The van der Waals surface area contributed by atoms with E-state index in [-0.39, 0.29) is 23.3 Å². The second-order valence-electron chi connectivity index (χ2n) is 13.2. The predicted molar refractivity (Wildman–Crippen MR) is 176 cm³/mol. The van der Waals surface area contributed by atoms with Crippen LogP contribution in [0.1, 0.15) is 55.4 Å². The van der Waals surface area contributed by atoms with E-state index in [4.69, 9.17) is 19.2 Å². The fourth-order valence-corrected chi connectivity index (χ4v) is 7.96. The van der Waals surface area contributed by atoms with E-state index in [1.807, 2.05) is 23.1 Å². The molecule has 2 amide bonds. The van der Waals surface area contributed by atoms with E-state index in [2.05, 4.69) is 21.4 Å². The summed E-state index contributed by atoms with van der Waals surface area (Å²) in [6.07, 6.45) is 1.28. The molecule has 1 saturated heterocycles. The lowest BCUT2D eigenvalue weighted by Crippen LogP contribution is -2.41. The average molecular weight is 661 g/mol. The van der Waals surface area contributed by atoms with Gasteiger partial charge in [-0.15, -0.1) is 0 Å². The lowest BCUT2D eigenvalue weighted by Gasteiger charge is -2.29. The zero-order chi connectivity index (χ0) is 33.3. The van der Waals surface area contributed by atoms with Crippen LogP contribution in [-0.2, 0) is 31.3 Å². The van der Waals surface area contributed by atoms with Crippen molar-refractivity contribution in [2.75, 3.05) is 53.9 Å². The molecule has 3 aromatic rings. The van der Waals surface area contributed by atoms with E-state index in [1.54, 1.807) is 40.0 Å². The number of carbonyl (C=O) groups excluding carboxylic acids is 2. The summed E-state index contributed by atoms with van der Waals surface area (Å²) < 4.78 is 40.7. The first-order chi connectivity index (χ1) is 22.3. The van der Waals surface area contributed by atoms with Crippen LogP contribution in [0.5, 0.6) is 11.5 Å². The van der Waals surface area contributed by atoms with Crippen LogP contribution in [0.15, 0.2) is 47.7 Å². The smallest absolute Gasteiger partial charge is 0.421 e. The second-order valence-corrected chi connectivity index (χ2v) is 15.5. The van der Waals surface area contributed by atoms with Gasteiger partial charge in [-0.3, -0.25) is 9.79 Å². The molecule has 13 nitrogen and oxygen atoms in total. The Morgan fingerprint density at radius 2 is 1.81 bits per heavy atom. The van der Waals surface area contributed by atoms with Gasteiger partial charge in [0.1, 0.15) is 23.5 Å². The van der Waals surface area contributed by atoms with Crippen LogP contribution in [0.25, 0.3) is 0 Å². The number of rotatable bonds is 5. The molecule has 1 aromatic heterocycles. The zero-order valence-electron chi connectivity index (χ0n) is 26.9. The first kappa shape index (κ1) is 30.9. The van der Waals surface area contributed by atoms with Gasteiger partial charge in [-0.25, -0.2) is 28.1 Å². The highest BCUT2D eigenvalue weighted by molar-refractivity contribution is 7.91. The van der Waals surface area contributed by atoms with Gasteiger partial charge in [-0.2, -0.15) is 0 Å². The first-order valence-electron chi connectivity index (χ1n) is 15.4. The van der Waals surface area contributed by atoms with Crippen molar-refractivity contribution in [1.82, 2.24) is 9.97 Å². The first-order valence-corrected chi connectivity index (χ1v) is 17.2. The Balaban J connectivity index is 1.14. The summed E-state index contributed by atoms with van der Waals surface area (Å²) in [6.45, 7) is 6.38. The lowest BCUT2D eigenvalue weighted by atomic mass is 9.91. The van der Waals surface area contributed by atoms with E-state index in [1.165, 1.54) is 18.3 Å². The van der Waals surface area contributed by atoms with E-state index in [0.717, 1.165) is 22.3 Å². The number of ether oxygens (including phenoxy) is 3. The molecule has 14 heteroatoms. The quantitative estimate of drug-likeness (QED) is 0.425. The van der Waals surface area contributed by atoms with Crippen molar-refractivity contribution in [3.05, 3.63) is 65.0 Å². The maximum Gasteiger partial charge on any atom is 0.421 e. The SMILES string of the molecule is COc1ccc2c(c1)[C@]1(C[C@H]1c1ccc3c(c1)CN=C3Nc1ncnc(N3CCS(=O)(=O)CC3)c1OC)C(=O)N2C(=O)OC(C)(C)C. The maximum atomic E-state index is 14.1. The van der Waals surface area contributed by atoms with Crippen molar-refractivity contribution < 1.29 is 32.2 Å². The normalized spacial score (nSPS) is 22.4. The van der Waals surface area contributed by atoms with Crippen LogP contribution in [0.4, 0.5) is 22.1 Å². The lowest BCUT2D eigenvalue weighted by molar-refractivity contribution is -0.120. The standard InChI is InChI=1S/C33H36N6O7S/c1-32(2,3)46-31(41)39-25-9-7-21(44-4)15-23(25)33(30(39)40)16-24(33)19-6-8-22-20(14-19)17-34-27(22)37-28-26(45-5)29(36-18-35-28)38-10-12-47(42,43)13-11-38/h6-9,14-15,18,24H,10-13,16-17H2,1-5H3,(H,34,35,36,37)/t24-,33-/m0/s1. The van der Waals surface area contributed by atoms with E-state index < -0.39 is 26.9 Å². The van der Waals surface area contributed by atoms with Gasteiger partial charge in [0.05, 0.1) is 43.4 Å². The number of hydrogen-bond donors (Lipinski definition) is 1. The third-order valence-corrected chi connectivity index (χ3v) is 10.7. The number of carbonyl (C=O) groups is 2. The molecule has 1 N–H and O–H groups in total. The van der Waals surface area contributed by atoms with E-state index >= 15 is 0 Å². The summed E-state index contributed by atoms with van der Waals surface area (Å²) >= 11 is 0. The molecule has 2 atom stereocenters. The number of amidine groups is 1. The molecular weight excluding hydrogens is 624 g/mol. The van der Waals surface area contributed by atoms with Gasteiger partial charge in [0.15, 0.2) is 21.5 Å². The largest absolute Gasteiger partial charge is 0.497 e. The summed E-state index contributed by atoms with van der Waals surface area (Å²) in [7, 11) is 0.0405. The molecule has 2 aromatic carbocycles. The molecular formula is C33H36N6O7S. The summed E-state index contributed by atoms with van der Waals surface area (Å²) in [6, 6.07) is 11.4. The van der Waals surface area contributed by atoms with Gasteiger partial charge in [0.2, 0.25) is 11.7 Å². The van der Waals surface area contributed by atoms with Crippen LogP contribution in [0.3, 0.4) is 0 Å². The third kappa shape index (κ3) is 5.24. The number of imide groups is 1. The van der Waals surface area contributed by atoms with Crippen molar-refractivity contribution in [1.29, 1.82) is 0 Å². The molecule has 0 unspecified atom stereocenters. The Bertz CT molecular complexity index is 1940. The Labute approximate surface area is 272 Å². The van der Waals surface area contributed by atoms with E-state index in [0.29, 0.717) is 60.7 Å². The number of aliphatic imine (C=N–C) groups is 1. The van der Waals surface area contributed by atoms with Gasteiger partial charge in [0.25, 0.3) is 0 Å². The molecule has 0 bridgehead atoms. The topological polar surface area (TPSA) is 153 Å². The Hall–Kier alpha value is -4.72. The molecule has 7 rings (SSSR count). The molecule has 3 aliphatic heterocycles. The Morgan fingerprint density at radius 1 is 1.04 bits per heavy atom. The van der Waals surface area contributed by atoms with Crippen LogP contribution < -0.4 is 24.6 Å². The number of methoxy groups -OCH3 is 2. The van der Waals surface area contributed by atoms with Gasteiger partial charge in [0, 0.05) is 24.6 Å². The molecule has 4 aliphatic rings. The number of aromatic nitrogens is 2. The minimum atomic E-state index is -3.06. The Morgan fingerprint density at radius 3 is 2.51 bits per heavy atom. The molecule has 1 saturated carbocycles. The average Bonchev–Trinajstić information content (AvgIpc) is 3.59. The third-order valence-electron chi connectivity index (χ3n) is 9.11. The number of benzene rings is 2. The molecule has 0 radical (unpaired) electrons. The number of fused-ring (bicyclic) bond motifs is 3. The van der Waals surface area contributed by atoms with Crippen LogP contribution in [0, 0.1) is 0 Å². The second kappa shape index (κ2) is 10.9. The minimum absolute atomic E-state index is 0.0530. The highest BCUT2D eigenvalue weighted by Crippen LogP contribution is 2.67. The molecule has 2 fully saturated rings.